The molecule has 0 aliphatic carbocycles. The number of hydrogen-bond donors (Lipinski definition) is 0. The van der Waals surface area contributed by atoms with Gasteiger partial charge in [0.15, 0.2) is 0 Å². The van der Waals surface area contributed by atoms with E-state index in [4.69, 9.17) is 9.47 Å². The van der Waals surface area contributed by atoms with E-state index in [1.165, 1.54) is 0 Å². The van der Waals surface area contributed by atoms with Crippen LogP contribution in [-0.2, 0) is 0 Å². The molecule has 0 radical (unpaired) electrons. The van der Waals surface area contributed by atoms with Crippen LogP contribution in [0.2, 0.25) is 0 Å². The molecule has 27 heavy (non-hydrogen) atoms. The Morgan fingerprint density at radius 1 is 0.852 bits per heavy atom. The molecule has 3 aromatic rings. The lowest BCUT2D eigenvalue weighted by Crippen LogP contribution is -1.99. The van der Waals surface area contributed by atoms with Gasteiger partial charge < -0.3 is 9.47 Å². The summed E-state index contributed by atoms with van der Waals surface area (Å²) in [7, 11) is 3.20. The molecule has 3 rings (SSSR count). The van der Waals surface area contributed by atoms with E-state index < -0.39 is 0 Å². The van der Waals surface area contributed by atoms with Crippen LogP contribution in [0.4, 0.5) is 0 Å². The van der Waals surface area contributed by atoms with Crippen molar-refractivity contribution in [3.8, 4) is 34.5 Å². The highest BCUT2D eigenvalue weighted by atomic mass is 16.5. The monoisotopic (exact) mass is 356 g/mol. The third-order valence-electron chi connectivity index (χ3n) is 4.17. The van der Waals surface area contributed by atoms with Crippen LogP contribution in [0.3, 0.4) is 0 Å². The molecule has 0 aliphatic rings. The molecule has 0 fully saturated rings. The highest BCUT2D eigenvalue weighted by Crippen LogP contribution is 2.31. The molecule has 0 heterocycles. The van der Waals surface area contributed by atoms with Crippen LogP contribution < -0.4 is 9.47 Å². The molecule has 3 nitrogen and oxygen atoms in total. The molecule has 134 valence electrons. The molecule has 0 atom stereocenters. The number of aryl methyl sites for hydroxylation is 1. The first-order valence-corrected chi connectivity index (χ1v) is 8.56. The highest BCUT2D eigenvalue weighted by molar-refractivity contribution is 6.13. The third kappa shape index (κ3) is 4.37. The molecule has 3 heteroatoms. The number of carbonyl (C=O) groups excluding carboxylic acids is 1. The molecule has 0 spiro atoms. The molecule has 3 aromatic carbocycles. The highest BCUT2D eigenvalue weighted by Gasteiger charge is 2.12. The van der Waals surface area contributed by atoms with Crippen LogP contribution in [-0.4, -0.2) is 20.0 Å². The molecule has 0 saturated heterocycles. The summed E-state index contributed by atoms with van der Waals surface area (Å²) < 4.78 is 10.7. The van der Waals surface area contributed by atoms with Crippen molar-refractivity contribution in [2.75, 3.05) is 14.2 Å². The number of ketones is 1. The fourth-order valence-corrected chi connectivity index (χ4v) is 2.81. The maximum Gasteiger partial charge on any atom is 0.236 e. The number of methoxy groups -OCH3 is 2. The Kier molecular flexibility index (Phi) is 5.58. The van der Waals surface area contributed by atoms with E-state index in [0.717, 1.165) is 22.3 Å². The molecule has 0 aliphatic heterocycles. The van der Waals surface area contributed by atoms with Crippen LogP contribution in [0.15, 0.2) is 66.7 Å². The summed E-state index contributed by atoms with van der Waals surface area (Å²) in [5, 5.41) is 0. The largest absolute Gasteiger partial charge is 0.497 e. The van der Waals surface area contributed by atoms with Gasteiger partial charge in [-0.2, -0.15) is 0 Å². The van der Waals surface area contributed by atoms with E-state index >= 15 is 0 Å². The average Bonchev–Trinajstić information content (AvgIpc) is 2.71. The summed E-state index contributed by atoms with van der Waals surface area (Å²) in [6.45, 7) is 2.00. The van der Waals surface area contributed by atoms with Gasteiger partial charge in [-0.25, -0.2) is 0 Å². The minimum atomic E-state index is -0.228. The lowest BCUT2D eigenvalue weighted by Gasteiger charge is -2.11. The smallest absolute Gasteiger partial charge is 0.236 e. The van der Waals surface area contributed by atoms with Gasteiger partial charge in [-0.1, -0.05) is 36.3 Å². The fraction of sp³-hybridized carbons (Fsp3) is 0.125. The second-order valence-corrected chi connectivity index (χ2v) is 6.10. The lowest BCUT2D eigenvalue weighted by molar-refractivity contribution is 0.105. The van der Waals surface area contributed by atoms with Gasteiger partial charge in [-0.05, 0) is 59.9 Å². The minimum absolute atomic E-state index is 0.228. The van der Waals surface area contributed by atoms with Crippen molar-refractivity contribution in [1.82, 2.24) is 0 Å². The van der Waals surface area contributed by atoms with Gasteiger partial charge in [0.05, 0.1) is 14.2 Å². The Balaban J connectivity index is 2.01. The van der Waals surface area contributed by atoms with Gasteiger partial charge in [-0.3, -0.25) is 4.79 Å². The Bertz CT molecular complexity index is 1020. The summed E-state index contributed by atoms with van der Waals surface area (Å²) in [6.07, 6.45) is 0. The van der Waals surface area contributed by atoms with Gasteiger partial charge in [0.2, 0.25) is 5.78 Å². The second-order valence-electron chi connectivity index (χ2n) is 6.10. The second kappa shape index (κ2) is 8.25. The van der Waals surface area contributed by atoms with Gasteiger partial charge in [0, 0.05) is 17.2 Å². The molecular weight excluding hydrogens is 336 g/mol. The average molecular weight is 356 g/mol. The Morgan fingerprint density at radius 2 is 1.56 bits per heavy atom. The summed E-state index contributed by atoms with van der Waals surface area (Å²) in [5.41, 5.74) is 4.11. The predicted molar refractivity (Wildman–Crippen MR) is 107 cm³/mol. The zero-order valence-corrected chi connectivity index (χ0v) is 15.6. The molecule has 0 saturated carbocycles. The summed E-state index contributed by atoms with van der Waals surface area (Å²) in [5.74, 6) is 6.82. The molecule has 0 amide bonds. The van der Waals surface area contributed by atoms with Crippen LogP contribution in [0.5, 0.6) is 11.5 Å². The van der Waals surface area contributed by atoms with E-state index in [1.807, 2.05) is 61.5 Å². The van der Waals surface area contributed by atoms with Gasteiger partial charge >= 0.3 is 0 Å². The molecule has 0 aromatic heterocycles. The zero-order chi connectivity index (χ0) is 19.2. The first kappa shape index (κ1) is 18.3. The molecule has 0 N–H and O–H groups in total. The van der Waals surface area contributed by atoms with E-state index in [9.17, 15) is 4.79 Å². The first-order chi connectivity index (χ1) is 13.1. The number of hydrogen-bond acceptors (Lipinski definition) is 3. The normalized spacial score (nSPS) is 9.89. The van der Waals surface area contributed by atoms with Crippen molar-refractivity contribution in [2.45, 2.75) is 6.92 Å². The van der Waals surface area contributed by atoms with Crippen molar-refractivity contribution in [2.24, 2.45) is 0 Å². The molecular formula is C24H20O3. The third-order valence-corrected chi connectivity index (χ3v) is 4.17. The van der Waals surface area contributed by atoms with E-state index in [-0.39, 0.29) is 5.78 Å². The fourth-order valence-electron chi connectivity index (χ4n) is 2.81. The zero-order valence-electron chi connectivity index (χ0n) is 15.6. The molecule has 0 unspecified atom stereocenters. The summed E-state index contributed by atoms with van der Waals surface area (Å²) in [6, 6.07) is 20.7. The van der Waals surface area contributed by atoms with Gasteiger partial charge in [0.25, 0.3) is 0 Å². The molecule has 0 bridgehead atoms. The first-order valence-electron chi connectivity index (χ1n) is 8.56. The van der Waals surface area contributed by atoms with Crippen LogP contribution >= 0.6 is 0 Å². The van der Waals surface area contributed by atoms with Crippen molar-refractivity contribution in [1.29, 1.82) is 0 Å². The van der Waals surface area contributed by atoms with Gasteiger partial charge in [0.1, 0.15) is 11.5 Å². The van der Waals surface area contributed by atoms with Crippen LogP contribution in [0.25, 0.3) is 11.1 Å². The maximum absolute atomic E-state index is 12.8. The van der Waals surface area contributed by atoms with Gasteiger partial charge in [-0.15, -0.1) is 0 Å². The maximum atomic E-state index is 12.8. The van der Waals surface area contributed by atoms with Crippen molar-refractivity contribution >= 4 is 5.78 Å². The number of rotatable bonds is 4. The Morgan fingerprint density at radius 3 is 2.22 bits per heavy atom. The number of ether oxygens (including phenoxy) is 2. The quantitative estimate of drug-likeness (QED) is 0.492. The Labute approximate surface area is 159 Å². The standard InChI is InChI=1S/C24H20O3/c1-17-7-6-8-18(13-17)11-12-24(25)23-10-5-4-9-22(23)19-14-20(26-2)16-21(15-19)27-3/h4-10,13-16H,1-3H3. The van der Waals surface area contributed by atoms with E-state index in [0.29, 0.717) is 17.1 Å². The van der Waals surface area contributed by atoms with Crippen LogP contribution in [0, 0.1) is 18.8 Å². The lowest BCUT2D eigenvalue weighted by atomic mass is 9.96. The number of carbonyl (C=O) groups is 1. The number of Topliss-reactive ketones (excluding diaryl/α,β-unsaturated/α-hetero) is 1. The van der Waals surface area contributed by atoms with E-state index in [2.05, 4.69) is 11.8 Å². The summed E-state index contributed by atoms with van der Waals surface area (Å²) >= 11 is 0. The topological polar surface area (TPSA) is 35.5 Å². The van der Waals surface area contributed by atoms with Crippen molar-refractivity contribution in [3.63, 3.8) is 0 Å². The number of benzene rings is 3. The SMILES string of the molecule is COc1cc(OC)cc(-c2ccccc2C(=O)C#Cc2cccc(C)c2)c1. The summed E-state index contributed by atoms with van der Waals surface area (Å²) in [4.78, 5) is 12.8. The van der Waals surface area contributed by atoms with Crippen molar-refractivity contribution in [3.05, 3.63) is 83.4 Å². The predicted octanol–water partition coefficient (Wildman–Crippen LogP) is 4.91. The van der Waals surface area contributed by atoms with E-state index in [1.54, 1.807) is 26.4 Å². The minimum Gasteiger partial charge on any atom is -0.497 e. The van der Waals surface area contributed by atoms with Crippen LogP contribution in [0.1, 0.15) is 21.5 Å². The van der Waals surface area contributed by atoms with Crippen molar-refractivity contribution < 1.29 is 14.3 Å². The Hall–Kier alpha value is -3.51.